The molecule has 3 aromatic rings. The third kappa shape index (κ3) is 3.83. The van der Waals surface area contributed by atoms with Crippen molar-refractivity contribution in [2.75, 3.05) is 11.9 Å². The van der Waals surface area contributed by atoms with Crippen molar-refractivity contribution in [3.8, 4) is 11.3 Å². The lowest BCUT2D eigenvalue weighted by atomic mass is 9.53. The fourth-order valence-electron chi connectivity index (χ4n) is 5.55. The lowest BCUT2D eigenvalue weighted by Crippen LogP contribution is -2.47. The zero-order valence-electron chi connectivity index (χ0n) is 18.7. The number of nitrogens with zero attached hydrogens (tertiary/aromatic N) is 3. The Kier molecular flexibility index (Phi) is 4.65. The van der Waals surface area contributed by atoms with Crippen molar-refractivity contribution >= 4 is 5.69 Å². The van der Waals surface area contributed by atoms with Gasteiger partial charge in [-0.3, -0.25) is 0 Å². The summed E-state index contributed by atoms with van der Waals surface area (Å²) in [5.41, 5.74) is 3.15. The molecule has 4 aliphatic carbocycles. The molecule has 0 spiro atoms. The van der Waals surface area contributed by atoms with Gasteiger partial charge in [0.05, 0.1) is 5.69 Å². The normalized spacial score (nSPS) is 27.1. The first kappa shape index (κ1) is 20.8. The molecule has 1 aromatic carbocycles. The van der Waals surface area contributed by atoms with Crippen molar-refractivity contribution in [2.45, 2.75) is 75.5 Å². The second-order valence-corrected chi connectivity index (χ2v) is 10.4. The van der Waals surface area contributed by atoms with E-state index in [-0.39, 0.29) is 10.8 Å². The first-order valence-corrected chi connectivity index (χ1v) is 11.9. The van der Waals surface area contributed by atoms with Crippen molar-refractivity contribution in [3.05, 3.63) is 47.7 Å². The van der Waals surface area contributed by atoms with Gasteiger partial charge >= 0.3 is 5.92 Å². The van der Waals surface area contributed by atoms with E-state index >= 15 is 0 Å². The van der Waals surface area contributed by atoms with Crippen LogP contribution in [0.15, 0.2) is 39.4 Å². The molecule has 4 fully saturated rings. The van der Waals surface area contributed by atoms with Gasteiger partial charge in [0.2, 0.25) is 0 Å². The molecule has 33 heavy (non-hydrogen) atoms. The van der Waals surface area contributed by atoms with Gasteiger partial charge in [-0.2, -0.15) is 13.8 Å². The highest BCUT2D eigenvalue weighted by Crippen LogP contribution is 2.57. The van der Waals surface area contributed by atoms with E-state index in [0.717, 1.165) is 74.7 Å². The van der Waals surface area contributed by atoms with Crippen molar-refractivity contribution in [3.63, 3.8) is 0 Å². The topological polar surface area (TPSA) is 77.0 Å². The summed E-state index contributed by atoms with van der Waals surface area (Å²) in [7, 11) is 0. The zero-order valence-corrected chi connectivity index (χ0v) is 18.7. The number of nitrogens with one attached hydrogen (secondary N) is 1. The van der Waals surface area contributed by atoms with Crippen LogP contribution in [0.25, 0.3) is 11.3 Å². The molecule has 0 amide bonds. The summed E-state index contributed by atoms with van der Waals surface area (Å²) in [6.45, 7) is 1.69. The Morgan fingerprint density at radius 1 is 1.03 bits per heavy atom. The summed E-state index contributed by atoms with van der Waals surface area (Å²) in [6.07, 6.45) is 8.21. The van der Waals surface area contributed by atoms with Crippen LogP contribution >= 0.6 is 0 Å². The minimum atomic E-state index is -3.10. The summed E-state index contributed by atoms with van der Waals surface area (Å²) in [5.74, 6) is -1.82. The Morgan fingerprint density at radius 2 is 1.79 bits per heavy atom. The SMILES string of the molecule is CC(F)(F)c1nc(C23CCC(CNc4cccc(-c5cc(C6CC6)no5)c4)(CC2)CC3)no1. The van der Waals surface area contributed by atoms with Crippen molar-refractivity contribution in [2.24, 2.45) is 5.41 Å². The minimum Gasteiger partial charge on any atom is -0.384 e. The van der Waals surface area contributed by atoms with Gasteiger partial charge in [-0.25, -0.2) is 0 Å². The fourth-order valence-corrected chi connectivity index (χ4v) is 5.55. The molecule has 2 heterocycles. The molecule has 7 rings (SSSR count). The molecule has 0 radical (unpaired) electrons. The summed E-state index contributed by atoms with van der Waals surface area (Å²) in [6, 6.07) is 10.4. The van der Waals surface area contributed by atoms with Gasteiger partial charge in [-0.05, 0) is 68.9 Å². The van der Waals surface area contributed by atoms with E-state index < -0.39 is 11.8 Å². The quantitative estimate of drug-likeness (QED) is 0.444. The molecule has 1 N–H and O–H groups in total. The number of anilines is 1. The van der Waals surface area contributed by atoms with Crippen LogP contribution in [0.3, 0.4) is 0 Å². The zero-order chi connectivity index (χ0) is 22.7. The molecule has 2 aromatic heterocycles. The Morgan fingerprint density at radius 3 is 2.45 bits per heavy atom. The number of benzene rings is 1. The maximum absolute atomic E-state index is 13.6. The number of hydrogen-bond acceptors (Lipinski definition) is 6. The van der Waals surface area contributed by atoms with E-state index in [1.54, 1.807) is 0 Å². The molecule has 2 bridgehead atoms. The van der Waals surface area contributed by atoms with Gasteiger partial charge in [0.25, 0.3) is 5.89 Å². The molecule has 6 nitrogen and oxygen atoms in total. The van der Waals surface area contributed by atoms with E-state index in [1.807, 2.05) is 6.07 Å². The Bertz CT molecular complexity index is 1140. The van der Waals surface area contributed by atoms with Crippen molar-refractivity contribution in [1.29, 1.82) is 0 Å². The summed E-state index contributed by atoms with van der Waals surface area (Å²) >= 11 is 0. The lowest BCUT2D eigenvalue weighted by Gasteiger charge is -2.52. The molecule has 8 heteroatoms. The second kappa shape index (κ2) is 7.37. The van der Waals surface area contributed by atoms with Crippen molar-refractivity contribution < 1.29 is 17.8 Å². The molecule has 174 valence electrons. The van der Waals surface area contributed by atoms with Gasteiger partial charge in [0.15, 0.2) is 11.6 Å². The van der Waals surface area contributed by atoms with E-state index in [4.69, 9.17) is 9.05 Å². The molecule has 4 saturated carbocycles. The van der Waals surface area contributed by atoms with Crippen LogP contribution in [0.5, 0.6) is 0 Å². The predicted octanol–water partition coefficient (Wildman–Crippen LogP) is 6.42. The summed E-state index contributed by atoms with van der Waals surface area (Å²) in [5, 5.41) is 11.8. The Hall–Kier alpha value is -2.77. The average molecular weight is 455 g/mol. The highest BCUT2D eigenvalue weighted by Gasteiger charge is 2.52. The fraction of sp³-hybridized carbons (Fsp3) is 0.560. The van der Waals surface area contributed by atoms with Crippen LogP contribution in [0.1, 0.15) is 81.6 Å². The molecule has 0 atom stereocenters. The number of alkyl halides is 2. The molecule has 0 aliphatic heterocycles. The third-order valence-corrected chi connectivity index (χ3v) is 8.02. The van der Waals surface area contributed by atoms with Crippen LogP contribution in [0, 0.1) is 5.41 Å². The van der Waals surface area contributed by atoms with Crippen LogP contribution in [-0.2, 0) is 11.3 Å². The molecule has 0 saturated heterocycles. The molecular formula is C25H28F2N4O2. The van der Waals surface area contributed by atoms with Gasteiger partial charge in [-0.1, -0.05) is 22.4 Å². The van der Waals surface area contributed by atoms with Crippen molar-refractivity contribution in [1.82, 2.24) is 15.3 Å². The number of rotatable bonds is 7. The number of halogens is 2. The summed E-state index contributed by atoms with van der Waals surface area (Å²) < 4.78 is 37.6. The van der Waals surface area contributed by atoms with Crippen LogP contribution in [-0.4, -0.2) is 21.8 Å². The van der Waals surface area contributed by atoms with Crippen LogP contribution in [0.2, 0.25) is 0 Å². The van der Waals surface area contributed by atoms with Gasteiger partial charge in [0.1, 0.15) is 0 Å². The van der Waals surface area contributed by atoms with E-state index in [1.165, 1.54) is 12.8 Å². The van der Waals surface area contributed by atoms with E-state index in [9.17, 15) is 8.78 Å². The Labute approximate surface area is 191 Å². The maximum atomic E-state index is 13.6. The molecule has 0 unspecified atom stereocenters. The monoisotopic (exact) mass is 454 g/mol. The smallest absolute Gasteiger partial charge is 0.322 e. The maximum Gasteiger partial charge on any atom is 0.322 e. The standard InChI is InChI=1S/C25H28F2N4O2/c1-23(26,27)22-29-21(31-33-22)25-10-7-24(8-11-25,9-12-25)15-28-18-4-2-3-17(13-18)20-14-19(30-32-20)16-5-6-16/h2-4,13-14,16,28H,5-12,15H2,1H3. The van der Waals surface area contributed by atoms with Gasteiger partial charge in [0, 0.05) is 42.1 Å². The summed E-state index contributed by atoms with van der Waals surface area (Å²) in [4.78, 5) is 4.09. The first-order valence-electron chi connectivity index (χ1n) is 11.9. The molecule has 4 aliphatic rings. The first-order chi connectivity index (χ1) is 15.8. The van der Waals surface area contributed by atoms with E-state index in [0.29, 0.717) is 11.7 Å². The van der Waals surface area contributed by atoms with E-state index in [2.05, 4.69) is 44.9 Å². The van der Waals surface area contributed by atoms with Gasteiger partial charge in [-0.15, -0.1) is 0 Å². The molecular weight excluding hydrogens is 426 g/mol. The number of hydrogen-bond donors (Lipinski definition) is 1. The van der Waals surface area contributed by atoms with Gasteiger partial charge < -0.3 is 14.4 Å². The number of fused-ring (bicyclic) bond motifs is 3. The Balaban J connectivity index is 1.11. The largest absolute Gasteiger partial charge is 0.384 e. The minimum absolute atomic E-state index is 0.213. The van der Waals surface area contributed by atoms with Crippen LogP contribution < -0.4 is 5.32 Å². The highest BCUT2D eigenvalue weighted by atomic mass is 19.3. The van der Waals surface area contributed by atoms with Crippen LogP contribution in [0.4, 0.5) is 14.5 Å². The third-order valence-electron chi connectivity index (χ3n) is 8.02. The second-order valence-electron chi connectivity index (χ2n) is 10.4. The highest BCUT2D eigenvalue weighted by molar-refractivity contribution is 5.64. The average Bonchev–Trinajstić information content (AvgIpc) is 3.33. The predicted molar refractivity (Wildman–Crippen MR) is 118 cm³/mol. The number of aromatic nitrogens is 3. The lowest BCUT2D eigenvalue weighted by molar-refractivity contribution is -0.0158.